The van der Waals surface area contributed by atoms with Crippen molar-refractivity contribution in [1.29, 1.82) is 0 Å². The molecule has 0 atom stereocenters. The molecule has 1 N–H and O–H groups in total. The Balaban J connectivity index is 1.82. The predicted molar refractivity (Wildman–Crippen MR) is 120 cm³/mol. The maximum Gasteiger partial charge on any atom is 0.234 e. The van der Waals surface area contributed by atoms with Gasteiger partial charge in [0, 0.05) is 18.2 Å². The molecule has 1 aromatic heterocycles. The maximum absolute atomic E-state index is 11.1. The Bertz CT molecular complexity index is 1090. The molecule has 0 aliphatic carbocycles. The minimum atomic E-state index is -3.22. The van der Waals surface area contributed by atoms with Gasteiger partial charge in [-0.3, -0.25) is 0 Å². The van der Waals surface area contributed by atoms with Crippen molar-refractivity contribution in [3.05, 3.63) is 54.6 Å². The summed E-state index contributed by atoms with van der Waals surface area (Å²) in [5.74, 6) is 1.95. The first-order valence-electron chi connectivity index (χ1n) is 9.84. The van der Waals surface area contributed by atoms with E-state index in [1.165, 1.54) is 0 Å². The summed E-state index contributed by atoms with van der Waals surface area (Å²) in [6.07, 6.45) is 1.12. The third-order valence-corrected chi connectivity index (χ3v) is 4.97. The van der Waals surface area contributed by atoms with Crippen molar-refractivity contribution < 1.29 is 22.6 Å². The van der Waals surface area contributed by atoms with E-state index >= 15 is 0 Å². The van der Waals surface area contributed by atoms with E-state index in [9.17, 15) is 8.42 Å². The Labute approximate surface area is 182 Å². The number of nitrogens with one attached hydrogen (secondary N) is 1. The summed E-state index contributed by atoms with van der Waals surface area (Å²) in [6, 6.07) is 17.0. The number of methoxy groups -OCH3 is 1. The van der Waals surface area contributed by atoms with Crippen molar-refractivity contribution in [2.75, 3.05) is 26.5 Å². The molecule has 166 valence electrons. The van der Waals surface area contributed by atoms with Gasteiger partial charge in [-0.1, -0.05) is 0 Å². The second kappa shape index (κ2) is 9.84. The lowest BCUT2D eigenvalue weighted by Crippen LogP contribution is -2.26. The van der Waals surface area contributed by atoms with E-state index in [1.54, 1.807) is 7.11 Å². The van der Waals surface area contributed by atoms with Crippen molar-refractivity contribution in [2.24, 2.45) is 0 Å². The third-order valence-electron chi connectivity index (χ3n) is 4.25. The fourth-order valence-corrected chi connectivity index (χ4v) is 3.36. The second-order valence-electron chi connectivity index (χ2n) is 7.18. The Morgan fingerprint density at radius 1 is 1.03 bits per heavy atom. The first kappa shape index (κ1) is 22.6. The van der Waals surface area contributed by atoms with Crippen LogP contribution < -0.4 is 18.9 Å². The maximum atomic E-state index is 11.1. The van der Waals surface area contributed by atoms with Crippen LogP contribution in [0.25, 0.3) is 16.9 Å². The highest BCUT2D eigenvalue weighted by atomic mass is 32.2. The molecule has 0 unspecified atom stereocenters. The highest BCUT2D eigenvalue weighted by Crippen LogP contribution is 2.29. The third kappa shape index (κ3) is 6.47. The molecule has 1 heterocycles. The van der Waals surface area contributed by atoms with Crippen molar-refractivity contribution >= 4 is 10.0 Å². The summed E-state index contributed by atoms with van der Waals surface area (Å²) in [5.41, 5.74) is 2.68. The summed E-state index contributed by atoms with van der Waals surface area (Å²) in [5, 5.41) is 4.62. The van der Waals surface area contributed by atoms with Gasteiger partial charge in [-0.2, -0.15) is 0 Å². The molecule has 0 bridgehead atoms. The molecule has 2 aromatic carbocycles. The van der Waals surface area contributed by atoms with Gasteiger partial charge < -0.3 is 14.2 Å². The van der Waals surface area contributed by atoms with E-state index in [4.69, 9.17) is 14.2 Å². The minimum Gasteiger partial charge on any atom is -0.497 e. The molecular weight excluding hydrogens is 418 g/mol. The van der Waals surface area contributed by atoms with Crippen molar-refractivity contribution in [2.45, 2.75) is 20.0 Å². The molecule has 0 amide bonds. The quantitative estimate of drug-likeness (QED) is 0.482. The lowest BCUT2D eigenvalue weighted by atomic mass is 10.1. The van der Waals surface area contributed by atoms with Crippen LogP contribution in [0.1, 0.15) is 13.8 Å². The summed E-state index contributed by atoms with van der Waals surface area (Å²) < 4.78 is 43.1. The van der Waals surface area contributed by atoms with Crippen LogP contribution in [0.2, 0.25) is 0 Å². The standard InChI is InChI=1S/C22H27N3O5S/c1-16(2)30-22-15-21(25(24-22)18-7-11-19(28-3)12-8-18)17-5-9-20(10-6-17)29-14-13-23-31(4,26)27/h5-12,15-16,23H,13-14H2,1-4H3. The largest absolute Gasteiger partial charge is 0.497 e. The average Bonchev–Trinajstić information content (AvgIpc) is 3.14. The smallest absolute Gasteiger partial charge is 0.234 e. The number of aromatic nitrogens is 2. The van der Waals surface area contributed by atoms with Crippen LogP contribution in [-0.4, -0.2) is 50.8 Å². The monoisotopic (exact) mass is 445 g/mol. The van der Waals surface area contributed by atoms with Gasteiger partial charge >= 0.3 is 0 Å². The molecule has 0 aliphatic rings. The van der Waals surface area contributed by atoms with E-state index < -0.39 is 10.0 Å². The Kier molecular flexibility index (Phi) is 7.19. The van der Waals surface area contributed by atoms with Crippen molar-refractivity contribution in [3.63, 3.8) is 0 Å². The zero-order valence-corrected chi connectivity index (χ0v) is 18.8. The zero-order chi connectivity index (χ0) is 22.4. The first-order chi connectivity index (χ1) is 14.7. The molecule has 31 heavy (non-hydrogen) atoms. The molecular formula is C22H27N3O5S. The summed E-state index contributed by atoms with van der Waals surface area (Å²) >= 11 is 0. The van der Waals surface area contributed by atoms with Gasteiger partial charge in [0.1, 0.15) is 18.1 Å². The molecule has 8 nitrogen and oxygen atoms in total. The Morgan fingerprint density at radius 3 is 2.26 bits per heavy atom. The van der Waals surface area contributed by atoms with Gasteiger partial charge in [0.2, 0.25) is 15.9 Å². The Morgan fingerprint density at radius 2 is 1.68 bits per heavy atom. The molecule has 0 aliphatic heterocycles. The summed E-state index contributed by atoms with van der Waals surface area (Å²) in [7, 11) is -1.59. The molecule has 0 saturated carbocycles. The van der Waals surface area contributed by atoms with Crippen LogP contribution in [0, 0.1) is 0 Å². The van der Waals surface area contributed by atoms with Crippen LogP contribution in [0.5, 0.6) is 17.4 Å². The van der Waals surface area contributed by atoms with E-state index in [2.05, 4.69) is 9.82 Å². The predicted octanol–water partition coefficient (Wildman–Crippen LogP) is 3.26. The minimum absolute atomic E-state index is 0.00314. The van der Waals surface area contributed by atoms with Gasteiger partial charge in [-0.15, -0.1) is 5.10 Å². The van der Waals surface area contributed by atoms with Crippen LogP contribution >= 0.6 is 0 Å². The van der Waals surface area contributed by atoms with E-state index in [1.807, 2.05) is 73.1 Å². The van der Waals surface area contributed by atoms with Gasteiger partial charge in [0.05, 0.1) is 30.9 Å². The number of hydrogen-bond acceptors (Lipinski definition) is 6. The topological polar surface area (TPSA) is 91.7 Å². The first-order valence-corrected chi connectivity index (χ1v) is 11.7. The van der Waals surface area contributed by atoms with Gasteiger partial charge in [-0.05, 0) is 62.4 Å². The molecule has 3 rings (SSSR count). The van der Waals surface area contributed by atoms with E-state index in [-0.39, 0.29) is 19.3 Å². The van der Waals surface area contributed by atoms with Crippen LogP contribution in [-0.2, 0) is 10.0 Å². The molecule has 3 aromatic rings. The fourth-order valence-electron chi connectivity index (χ4n) is 2.90. The van der Waals surface area contributed by atoms with Crippen LogP contribution in [0.4, 0.5) is 0 Å². The molecule has 0 fully saturated rings. The van der Waals surface area contributed by atoms with Crippen molar-refractivity contribution in [1.82, 2.24) is 14.5 Å². The second-order valence-corrected chi connectivity index (χ2v) is 9.02. The lowest BCUT2D eigenvalue weighted by Gasteiger charge is -2.10. The van der Waals surface area contributed by atoms with Crippen LogP contribution in [0.15, 0.2) is 54.6 Å². The van der Waals surface area contributed by atoms with Crippen molar-refractivity contribution in [3.8, 4) is 34.3 Å². The van der Waals surface area contributed by atoms with E-state index in [0.29, 0.717) is 11.6 Å². The molecule has 0 radical (unpaired) electrons. The van der Waals surface area contributed by atoms with E-state index in [0.717, 1.165) is 29.0 Å². The Hall–Kier alpha value is -3.04. The summed E-state index contributed by atoms with van der Waals surface area (Å²) in [6.45, 7) is 4.36. The highest BCUT2D eigenvalue weighted by molar-refractivity contribution is 7.88. The molecule has 0 spiro atoms. The van der Waals surface area contributed by atoms with Gasteiger partial charge in [-0.25, -0.2) is 17.8 Å². The van der Waals surface area contributed by atoms with Gasteiger partial charge in [0.15, 0.2) is 0 Å². The average molecular weight is 446 g/mol. The van der Waals surface area contributed by atoms with Crippen LogP contribution in [0.3, 0.4) is 0 Å². The summed E-state index contributed by atoms with van der Waals surface area (Å²) in [4.78, 5) is 0. The lowest BCUT2D eigenvalue weighted by molar-refractivity contribution is 0.231. The number of sulfonamides is 1. The highest BCUT2D eigenvalue weighted by Gasteiger charge is 2.14. The number of hydrogen-bond donors (Lipinski definition) is 1. The number of ether oxygens (including phenoxy) is 3. The normalized spacial score (nSPS) is 11.5. The number of benzene rings is 2. The molecule has 9 heteroatoms. The molecule has 0 saturated heterocycles. The number of nitrogens with zero attached hydrogens (tertiary/aromatic N) is 2. The SMILES string of the molecule is COc1ccc(-n2nc(OC(C)C)cc2-c2ccc(OCCNS(C)(=O)=O)cc2)cc1. The fraction of sp³-hybridized carbons (Fsp3) is 0.318. The van der Waals surface area contributed by atoms with Gasteiger partial charge in [0.25, 0.3) is 0 Å². The zero-order valence-electron chi connectivity index (χ0n) is 18.0. The number of rotatable bonds is 10.